The van der Waals surface area contributed by atoms with E-state index in [0.717, 1.165) is 0 Å². The molecule has 0 unspecified atom stereocenters. The van der Waals surface area contributed by atoms with Crippen molar-refractivity contribution in [1.82, 2.24) is 4.90 Å². The van der Waals surface area contributed by atoms with E-state index in [9.17, 15) is 9.59 Å². The minimum absolute atomic E-state index is 0.133. The molecule has 0 saturated carbocycles. The molecule has 6 nitrogen and oxygen atoms in total. The lowest BCUT2D eigenvalue weighted by atomic mass is 10.2. The van der Waals surface area contributed by atoms with E-state index in [-0.39, 0.29) is 18.9 Å². The molecule has 1 N–H and O–H groups in total. The summed E-state index contributed by atoms with van der Waals surface area (Å²) >= 11 is 11.7. The predicted molar refractivity (Wildman–Crippen MR) is 85.1 cm³/mol. The third-order valence-corrected chi connectivity index (χ3v) is 4.14. The molecule has 0 aromatic heterocycles. The van der Waals surface area contributed by atoms with E-state index in [0.29, 0.717) is 28.9 Å². The van der Waals surface area contributed by atoms with Crippen molar-refractivity contribution in [2.45, 2.75) is 25.6 Å². The van der Waals surface area contributed by atoms with Crippen molar-refractivity contribution in [1.29, 1.82) is 0 Å². The molecule has 1 aromatic carbocycles. The van der Waals surface area contributed by atoms with Gasteiger partial charge in [-0.1, -0.05) is 23.2 Å². The SMILES string of the molecule is C[C@H](Oc1ccc(Cl)c(Cl)c1)C(=O)N1CCO[C@@H](CC(=O)O)C1. The Hall–Kier alpha value is -1.50. The number of aliphatic carboxylic acids is 1. The van der Waals surface area contributed by atoms with Crippen LogP contribution in [0.1, 0.15) is 13.3 Å². The number of carbonyl (C=O) groups excluding carboxylic acids is 1. The van der Waals surface area contributed by atoms with E-state index in [2.05, 4.69) is 0 Å². The lowest BCUT2D eigenvalue weighted by Gasteiger charge is -2.33. The Balaban J connectivity index is 1.95. The molecule has 1 aliphatic rings. The third kappa shape index (κ3) is 4.99. The van der Waals surface area contributed by atoms with Gasteiger partial charge in [-0.15, -0.1) is 0 Å². The van der Waals surface area contributed by atoms with Gasteiger partial charge in [0.2, 0.25) is 0 Å². The van der Waals surface area contributed by atoms with E-state index in [1.54, 1.807) is 30.0 Å². The summed E-state index contributed by atoms with van der Waals surface area (Å²) < 4.78 is 10.9. The Morgan fingerprint density at radius 3 is 2.83 bits per heavy atom. The van der Waals surface area contributed by atoms with Gasteiger partial charge in [-0.05, 0) is 19.1 Å². The van der Waals surface area contributed by atoms with Gasteiger partial charge >= 0.3 is 5.97 Å². The van der Waals surface area contributed by atoms with Crippen LogP contribution >= 0.6 is 23.2 Å². The molecule has 2 atom stereocenters. The maximum Gasteiger partial charge on any atom is 0.306 e. The minimum Gasteiger partial charge on any atom is -0.481 e. The number of halogens is 2. The van der Waals surface area contributed by atoms with Crippen LogP contribution in [0.4, 0.5) is 0 Å². The summed E-state index contributed by atoms with van der Waals surface area (Å²) in [4.78, 5) is 24.7. The zero-order valence-corrected chi connectivity index (χ0v) is 14.0. The standard InChI is InChI=1S/C15H17Cl2NO5/c1-9(23-10-2-3-12(16)13(17)6-10)15(21)18-4-5-22-11(8-18)7-14(19)20/h2-3,6,9,11H,4-5,7-8H2,1H3,(H,19,20)/t9-,11-/m0/s1. The zero-order valence-electron chi connectivity index (χ0n) is 12.5. The van der Waals surface area contributed by atoms with Crippen LogP contribution in [0, 0.1) is 0 Å². The Morgan fingerprint density at radius 2 is 2.17 bits per heavy atom. The molecule has 1 aromatic rings. The fourth-order valence-electron chi connectivity index (χ4n) is 2.30. The molecular formula is C15H17Cl2NO5. The highest BCUT2D eigenvalue weighted by atomic mass is 35.5. The van der Waals surface area contributed by atoms with Crippen LogP contribution in [-0.4, -0.2) is 53.8 Å². The van der Waals surface area contributed by atoms with Crippen LogP contribution in [0.15, 0.2) is 18.2 Å². The molecule has 0 aliphatic carbocycles. The number of nitrogens with zero attached hydrogens (tertiary/aromatic N) is 1. The second kappa shape index (κ2) is 7.86. The van der Waals surface area contributed by atoms with Crippen LogP contribution in [0.25, 0.3) is 0 Å². The normalized spacial score (nSPS) is 19.3. The summed E-state index contributed by atoms with van der Waals surface area (Å²) in [6, 6.07) is 4.76. The molecule has 126 valence electrons. The first-order valence-corrected chi connectivity index (χ1v) is 7.86. The van der Waals surface area contributed by atoms with Gasteiger partial charge in [0.05, 0.1) is 29.2 Å². The Bertz CT molecular complexity index is 595. The van der Waals surface area contributed by atoms with Crippen LogP contribution in [0.2, 0.25) is 10.0 Å². The van der Waals surface area contributed by atoms with E-state index in [1.165, 1.54) is 0 Å². The summed E-state index contributed by atoms with van der Waals surface area (Å²) in [5.74, 6) is -0.741. The number of hydrogen-bond acceptors (Lipinski definition) is 4. The van der Waals surface area contributed by atoms with Gasteiger partial charge in [0.25, 0.3) is 5.91 Å². The summed E-state index contributed by atoms with van der Waals surface area (Å²) in [6.07, 6.45) is -1.36. The fraction of sp³-hybridized carbons (Fsp3) is 0.467. The molecular weight excluding hydrogens is 345 g/mol. The first kappa shape index (κ1) is 17.8. The smallest absolute Gasteiger partial charge is 0.306 e. The van der Waals surface area contributed by atoms with Gasteiger partial charge in [-0.2, -0.15) is 0 Å². The average Bonchev–Trinajstić information content (AvgIpc) is 2.49. The third-order valence-electron chi connectivity index (χ3n) is 3.40. The van der Waals surface area contributed by atoms with Crippen molar-refractivity contribution < 1.29 is 24.2 Å². The molecule has 2 rings (SSSR count). The number of hydrogen-bond donors (Lipinski definition) is 1. The number of morpholine rings is 1. The van der Waals surface area contributed by atoms with Crippen molar-refractivity contribution >= 4 is 35.1 Å². The predicted octanol–water partition coefficient (Wildman–Crippen LogP) is 2.46. The number of carbonyl (C=O) groups is 2. The van der Waals surface area contributed by atoms with E-state index in [1.807, 2.05) is 0 Å². The summed E-state index contributed by atoms with van der Waals surface area (Å²) in [5, 5.41) is 9.56. The van der Waals surface area contributed by atoms with Crippen molar-refractivity contribution in [2.24, 2.45) is 0 Å². The van der Waals surface area contributed by atoms with Crippen molar-refractivity contribution in [3.05, 3.63) is 28.2 Å². The topological polar surface area (TPSA) is 76.1 Å². The molecule has 1 aliphatic heterocycles. The summed E-state index contributed by atoms with van der Waals surface area (Å²) in [5.41, 5.74) is 0. The second-order valence-corrected chi connectivity index (χ2v) is 6.03. The first-order chi connectivity index (χ1) is 10.9. The molecule has 0 spiro atoms. The molecule has 23 heavy (non-hydrogen) atoms. The molecule has 1 heterocycles. The lowest BCUT2D eigenvalue weighted by molar-refractivity contribution is -0.151. The van der Waals surface area contributed by atoms with Gasteiger partial charge in [0.1, 0.15) is 5.75 Å². The average molecular weight is 362 g/mol. The van der Waals surface area contributed by atoms with E-state index in [4.69, 9.17) is 37.8 Å². The molecule has 8 heteroatoms. The Morgan fingerprint density at radius 1 is 1.43 bits per heavy atom. The summed E-state index contributed by atoms with van der Waals surface area (Å²) in [7, 11) is 0. The Labute approximate surface area is 143 Å². The highest BCUT2D eigenvalue weighted by Gasteiger charge is 2.29. The quantitative estimate of drug-likeness (QED) is 0.871. The maximum atomic E-state index is 12.4. The molecule has 0 radical (unpaired) electrons. The van der Waals surface area contributed by atoms with E-state index < -0.39 is 18.2 Å². The molecule has 0 bridgehead atoms. The highest BCUT2D eigenvalue weighted by molar-refractivity contribution is 6.42. The number of carboxylic acid groups (broad SMARTS) is 1. The highest BCUT2D eigenvalue weighted by Crippen LogP contribution is 2.27. The van der Waals surface area contributed by atoms with E-state index >= 15 is 0 Å². The van der Waals surface area contributed by atoms with Gasteiger partial charge in [0.15, 0.2) is 6.10 Å². The van der Waals surface area contributed by atoms with Gasteiger partial charge in [0, 0.05) is 19.2 Å². The Kier molecular flexibility index (Phi) is 6.10. The number of amides is 1. The fourth-order valence-corrected chi connectivity index (χ4v) is 2.59. The zero-order chi connectivity index (χ0) is 17.0. The van der Waals surface area contributed by atoms with Crippen molar-refractivity contribution in [3.63, 3.8) is 0 Å². The van der Waals surface area contributed by atoms with Crippen molar-refractivity contribution in [2.75, 3.05) is 19.7 Å². The lowest BCUT2D eigenvalue weighted by Crippen LogP contribution is -2.50. The minimum atomic E-state index is -0.954. The maximum absolute atomic E-state index is 12.4. The number of carboxylic acids is 1. The molecule has 1 saturated heterocycles. The number of ether oxygens (including phenoxy) is 2. The van der Waals surface area contributed by atoms with Gasteiger partial charge in [-0.25, -0.2) is 0 Å². The number of rotatable bonds is 5. The van der Waals surface area contributed by atoms with Crippen LogP contribution < -0.4 is 4.74 Å². The molecule has 1 fully saturated rings. The summed E-state index contributed by atoms with van der Waals surface area (Å²) in [6.45, 7) is 2.58. The van der Waals surface area contributed by atoms with Crippen LogP contribution in [0.5, 0.6) is 5.75 Å². The second-order valence-electron chi connectivity index (χ2n) is 5.21. The molecule has 1 amide bonds. The van der Waals surface area contributed by atoms with Crippen LogP contribution in [-0.2, 0) is 14.3 Å². The number of benzene rings is 1. The first-order valence-electron chi connectivity index (χ1n) is 7.10. The van der Waals surface area contributed by atoms with Crippen LogP contribution in [0.3, 0.4) is 0 Å². The van der Waals surface area contributed by atoms with Gasteiger partial charge in [-0.3, -0.25) is 9.59 Å². The monoisotopic (exact) mass is 361 g/mol. The van der Waals surface area contributed by atoms with Gasteiger partial charge < -0.3 is 19.5 Å². The van der Waals surface area contributed by atoms with Crippen molar-refractivity contribution in [3.8, 4) is 5.75 Å². The largest absolute Gasteiger partial charge is 0.481 e.